The molecule has 3 aromatic heterocycles. The van der Waals surface area contributed by atoms with Crippen molar-refractivity contribution >= 4 is 34.5 Å². The van der Waals surface area contributed by atoms with Crippen LogP contribution in [0, 0.1) is 0 Å². The van der Waals surface area contributed by atoms with Crippen molar-refractivity contribution in [2.45, 2.75) is 37.3 Å². The molecule has 1 unspecified atom stereocenters. The topological polar surface area (TPSA) is 97.8 Å². The van der Waals surface area contributed by atoms with E-state index in [1.807, 2.05) is 49.7 Å². The van der Waals surface area contributed by atoms with Crippen LogP contribution in [0.3, 0.4) is 0 Å². The molecule has 4 heterocycles. The molecule has 0 aromatic carbocycles. The SMILES string of the molecule is CN(c1cnc2c(c1)NC(N)(c1nnc(C3CCCC3)s1)C=C2)c1cnn(C)c1. The van der Waals surface area contributed by atoms with E-state index in [0.29, 0.717) is 5.92 Å². The molecule has 150 valence electrons. The zero-order valence-electron chi connectivity index (χ0n) is 16.5. The first-order valence-electron chi connectivity index (χ1n) is 9.84. The van der Waals surface area contributed by atoms with E-state index in [9.17, 15) is 0 Å². The van der Waals surface area contributed by atoms with Crippen molar-refractivity contribution in [3.63, 3.8) is 0 Å². The van der Waals surface area contributed by atoms with Crippen molar-refractivity contribution < 1.29 is 0 Å². The first-order valence-corrected chi connectivity index (χ1v) is 10.7. The molecule has 0 amide bonds. The predicted octanol–water partition coefficient (Wildman–Crippen LogP) is 3.34. The molecule has 3 aromatic rings. The minimum absolute atomic E-state index is 0.533. The van der Waals surface area contributed by atoms with Gasteiger partial charge in [-0.1, -0.05) is 24.2 Å². The van der Waals surface area contributed by atoms with Crippen molar-refractivity contribution in [3.05, 3.63) is 46.4 Å². The Morgan fingerprint density at radius 1 is 1.24 bits per heavy atom. The number of aryl methyl sites for hydroxylation is 1. The van der Waals surface area contributed by atoms with Gasteiger partial charge in [-0.3, -0.25) is 15.4 Å². The van der Waals surface area contributed by atoms with Crippen LogP contribution in [-0.2, 0) is 12.7 Å². The quantitative estimate of drug-likeness (QED) is 0.683. The highest BCUT2D eigenvalue weighted by atomic mass is 32.1. The zero-order valence-corrected chi connectivity index (χ0v) is 17.4. The number of anilines is 3. The Balaban J connectivity index is 1.42. The van der Waals surface area contributed by atoms with E-state index in [1.54, 1.807) is 16.0 Å². The fraction of sp³-hybridized carbons (Fsp3) is 0.400. The molecule has 8 nitrogen and oxygen atoms in total. The van der Waals surface area contributed by atoms with Crippen LogP contribution in [-0.4, -0.2) is 32.0 Å². The monoisotopic (exact) mass is 408 g/mol. The molecule has 1 aliphatic carbocycles. The van der Waals surface area contributed by atoms with E-state index in [-0.39, 0.29) is 0 Å². The molecule has 3 N–H and O–H groups in total. The number of hydrogen-bond acceptors (Lipinski definition) is 8. The lowest BCUT2D eigenvalue weighted by Gasteiger charge is -2.30. The number of fused-ring (bicyclic) bond motifs is 1. The Morgan fingerprint density at radius 3 is 2.83 bits per heavy atom. The molecule has 0 radical (unpaired) electrons. The van der Waals surface area contributed by atoms with Gasteiger partial charge in [0.05, 0.1) is 35.1 Å². The Morgan fingerprint density at radius 2 is 2.07 bits per heavy atom. The molecule has 5 rings (SSSR count). The fourth-order valence-electron chi connectivity index (χ4n) is 3.95. The molecule has 1 fully saturated rings. The fourth-order valence-corrected chi connectivity index (χ4v) is 5.00. The number of pyridine rings is 1. The van der Waals surface area contributed by atoms with Gasteiger partial charge < -0.3 is 10.2 Å². The molecular weight excluding hydrogens is 384 g/mol. The van der Waals surface area contributed by atoms with E-state index in [4.69, 9.17) is 5.73 Å². The van der Waals surface area contributed by atoms with Gasteiger partial charge in [-0.05, 0) is 31.1 Å². The highest BCUT2D eigenvalue weighted by molar-refractivity contribution is 7.11. The van der Waals surface area contributed by atoms with E-state index in [1.165, 1.54) is 25.7 Å². The summed E-state index contributed by atoms with van der Waals surface area (Å²) in [6, 6.07) is 2.05. The van der Waals surface area contributed by atoms with Gasteiger partial charge in [0, 0.05) is 26.2 Å². The Bertz CT molecular complexity index is 1060. The van der Waals surface area contributed by atoms with E-state index in [2.05, 4.69) is 31.7 Å². The van der Waals surface area contributed by atoms with Gasteiger partial charge in [0.1, 0.15) is 5.01 Å². The lowest BCUT2D eigenvalue weighted by atomic mass is 10.1. The smallest absolute Gasteiger partial charge is 0.161 e. The maximum absolute atomic E-state index is 6.70. The van der Waals surface area contributed by atoms with Crippen molar-refractivity contribution in [3.8, 4) is 0 Å². The second-order valence-corrected chi connectivity index (χ2v) is 8.82. The van der Waals surface area contributed by atoms with Gasteiger partial charge in [-0.15, -0.1) is 10.2 Å². The van der Waals surface area contributed by atoms with Crippen molar-refractivity contribution in [2.75, 3.05) is 17.3 Å². The highest BCUT2D eigenvalue weighted by Crippen LogP contribution is 2.39. The summed E-state index contributed by atoms with van der Waals surface area (Å²) in [4.78, 5) is 6.64. The molecule has 1 atom stereocenters. The van der Waals surface area contributed by atoms with Gasteiger partial charge >= 0.3 is 0 Å². The van der Waals surface area contributed by atoms with E-state index >= 15 is 0 Å². The number of nitrogens with one attached hydrogen (secondary N) is 1. The largest absolute Gasteiger partial charge is 0.357 e. The third-order valence-electron chi connectivity index (χ3n) is 5.71. The van der Waals surface area contributed by atoms with Gasteiger partial charge in [-0.2, -0.15) is 5.10 Å². The van der Waals surface area contributed by atoms with E-state index < -0.39 is 5.66 Å². The normalized spacial score (nSPS) is 21.2. The molecule has 9 heteroatoms. The molecule has 0 spiro atoms. The summed E-state index contributed by atoms with van der Waals surface area (Å²) >= 11 is 1.62. The minimum Gasteiger partial charge on any atom is -0.357 e. The first kappa shape index (κ1) is 18.3. The molecule has 1 saturated carbocycles. The Hall–Kier alpha value is -2.78. The van der Waals surface area contributed by atoms with Crippen LogP contribution < -0.4 is 16.0 Å². The number of nitrogens with two attached hydrogens (primary N) is 1. The van der Waals surface area contributed by atoms with Gasteiger partial charge in [0.15, 0.2) is 10.7 Å². The second kappa shape index (κ2) is 6.93. The summed E-state index contributed by atoms with van der Waals surface area (Å²) in [5.74, 6) is 0.533. The van der Waals surface area contributed by atoms with Crippen molar-refractivity contribution in [1.82, 2.24) is 25.0 Å². The molecule has 1 aliphatic heterocycles. The summed E-state index contributed by atoms with van der Waals surface area (Å²) in [7, 11) is 3.90. The number of aromatic nitrogens is 5. The van der Waals surface area contributed by atoms with Gasteiger partial charge in [-0.25, -0.2) is 0 Å². The summed E-state index contributed by atoms with van der Waals surface area (Å²) in [5.41, 5.74) is 9.50. The number of hydrogen-bond donors (Lipinski definition) is 2. The maximum Gasteiger partial charge on any atom is 0.161 e. The molecule has 0 bridgehead atoms. The third kappa shape index (κ3) is 3.30. The summed E-state index contributed by atoms with van der Waals surface area (Å²) in [5, 5.41) is 18.4. The van der Waals surface area contributed by atoms with Gasteiger partial charge in [0.2, 0.25) is 0 Å². The van der Waals surface area contributed by atoms with Crippen LogP contribution >= 0.6 is 11.3 Å². The standard InChI is InChI=1S/C20H24N8S/c1-27-12-15(11-23-27)28(2)14-9-17-16(22-10-14)7-8-20(21,24-17)19-26-25-18(29-19)13-5-3-4-6-13/h7-13,24H,3-6,21H2,1-2H3. The average molecular weight is 409 g/mol. The van der Waals surface area contributed by atoms with Crippen LogP contribution in [0.15, 0.2) is 30.7 Å². The van der Waals surface area contributed by atoms with Crippen LogP contribution in [0.4, 0.5) is 17.1 Å². The van der Waals surface area contributed by atoms with Crippen LogP contribution in [0.2, 0.25) is 0 Å². The van der Waals surface area contributed by atoms with E-state index in [0.717, 1.165) is 32.8 Å². The summed E-state index contributed by atoms with van der Waals surface area (Å²) < 4.78 is 1.78. The lowest BCUT2D eigenvalue weighted by Crippen LogP contribution is -2.44. The predicted molar refractivity (Wildman–Crippen MR) is 115 cm³/mol. The molecular formula is C20H24N8S. The number of nitrogens with zero attached hydrogens (tertiary/aromatic N) is 6. The summed E-state index contributed by atoms with van der Waals surface area (Å²) in [6.45, 7) is 0. The molecule has 2 aliphatic rings. The van der Waals surface area contributed by atoms with Crippen molar-refractivity contribution in [1.29, 1.82) is 0 Å². The van der Waals surface area contributed by atoms with Crippen LogP contribution in [0.25, 0.3) is 6.08 Å². The maximum atomic E-state index is 6.70. The third-order valence-corrected chi connectivity index (χ3v) is 6.95. The lowest BCUT2D eigenvalue weighted by molar-refractivity contribution is 0.628. The zero-order chi connectivity index (χ0) is 20.0. The minimum atomic E-state index is -0.880. The molecule has 29 heavy (non-hydrogen) atoms. The summed E-state index contributed by atoms with van der Waals surface area (Å²) in [6.07, 6.45) is 14.5. The van der Waals surface area contributed by atoms with Gasteiger partial charge in [0.25, 0.3) is 0 Å². The Kier molecular flexibility index (Phi) is 4.36. The Labute approximate surface area is 173 Å². The van der Waals surface area contributed by atoms with Crippen molar-refractivity contribution in [2.24, 2.45) is 12.8 Å². The first-order chi connectivity index (χ1) is 14.0. The van der Waals surface area contributed by atoms with Crippen LogP contribution in [0.1, 0.15) is 47.3 Å². The number of rotatable bonds is 4. The average Bonchev–Trinajstić information content (AvgIpc) is 3.47. The molecule has 0 saturated heterocycles. The second-order valence-electron chi connectivity index (χ2n) is 7.81. The highest BCUT2D eigenvalue weighted by Gasteiger charge is 2.34. The van der Waals surface area contributed by atoms with Crippen LogP contribution in [0.5, 0.6) is 0 Å².